The number of benzene rings is 3. The summed E-state index contributed by atoms with van der Waals surface area (Å²) in [6, 6.07) is 15.9. The van der Waals surface area contributed by atoms with Crippen LogP contribution in [0.5, 0.6) is 0 Å². The van der Waals surface area contributed by atoms with E-state index in [-0.39, 0.29) is 17.3 Å². The van der Waals surface area contributed by atoms with Gasteiger partial charge in [-0.15, -0.1) is 0 Å². The Kier molecular flexibility index (Phi) is 6.98. The summed E-state index contributed by atoms with van der Waals surface area (Å²) in [6.45, 7) is 5.69. The highest BCUT2D eigenvalue weighted by atomic mass is 19.1. The Morgan fingerprint density at radius 2 is 1.77 bits per heavy atom. The number of halogens is 2. The number of anilines is 3. The molecule has 1 atom stereocenters. The molecule has 5 rings (SSSR count). The fourth-order valence-corrected chi connectivity index (χ4v) is 4.95. The third kappa shape index (κ3) is 5.16. The van der Waals surface area contributed by atoms with E-state index in [1.54, 1.807) is 24.3 Å². The summed E-state index contributed by atoms with van der Waals surface area (Å²) in [5.74, 6) is -1.83. The predicted molar refractivity (Wildman–Crippen MR) is 145 cm³/mol. The highest BCUT2D eigenvalue weighted by Gasteiger charge is 2.25. The number of nitrogens with zero attached hydrogens (tertiary/aromatic N) is 5. The lowest BCUT2D eigenvalue weighted by molar-refractivity contribution is 0.0698. The number of carboxylic acids is 1. The molecule has 0 aliphatic carbocycles. The fraction of sp³-hybridized carbons (Fsp3) is 0.241. The Morgan fingerprint density at radius 1 is 1.05 bits per heavy atom. The molecular formula is C29H26F2N6O2. The van der Waals surface area contributed by atoms with Crippen molar-refractivity contribution in [3.05, 3.63) is 88.6 Å². The van der Waals surface area contributed by atoms with E-state index >= 15 is 0 Å². The third-order valence-corrected chi connectivity index (χ3v) is 6.86. The molecule has 39 heavy (non-hydrogen) atoms. The molecule has 0 spiro atoms. The molecule has 1 aliphatic rings. The van der Waals surface area contributed by atoms with E-state index in [1.807, 2.05) is 35.8 Å². The van der Waals surface area contributed by atoms with Crippen molar-refractivity contribution in [1.82, 2.24) is 9.97 Å². The number of nitriles is 1. The monoisotopic (exact) mass is 528 g/mol. The maximum Gasteiger partial charge on any atom is 0.337 e. The Hall–Kier alpha value is -4.78. The van der Waals surface area contributed by atoms with E-state index in [1.165, 1.54) is 12.1 Å². The molecule has 198 valence electrons. The number of nitrogens with one attached hydrogen (secondary N) is 1. The van der Waals surface area contributed by atoms with Gasteiger partial charge in [0, 0.05) is 43.5 Å². The van der Waals surface area contributed by atoms with Crippen LogP contribution in [0.25, 0.3) is 11.0 Å². The summed E-state index contributed by atoms with van der Waals surface area (Å²) in [5, 5.41) is 22.8. The number of carbonyl (C=O) groups is 1. The molecule has 1 fully saturated rings. The van der Waals surface area contributed by atoms with Crippen LogP contribution in [0.2, 0.25) is 0 Å². The fourth-order valence-electron chi connectivity index (χ4n) is 4.95. The lowest BCUT2D eigenvalue weighted by atomic mass is 10.0. The quantitative estimate of drug-likeness (QED) is 0.348. The van der Waals surface area contributed by atoms with Crippen LogP contribution in [-0.2, 0) is 0 Å². The van der Waals surface area contributed by atoms with Gasteiger partial charge in [-0.3, -0.25) is 0 Å². The van der Waals surface area contributed by atoms with Crippen molar-refractivity contribution in [2.45, 2.75) is 19.9 Å². The smallest absolute Gasteiger partial charge is 0.337 e. The Bertz CT molecular complexity index is 1610. The van der Waals surface area contributed by atoms with Gasteiger partial charge in [0.2, 0.25) is 0 Å². The van der Waals surface area contributed by atoms with Crippen LogP contribution < -0.4 is 15.1 Å². The number of piperazine rings is 1. The van der Waals surface area contributed by atoms with Crippen LogP contribution in [-0.4, -0.2) is 47.2 Å². The second kappa shape index (κ2) is 10.5. The van der Waals surface area contributed by atoms with Crippen molar-refractivity contribution >= 4 is 34.2 Å². The van der Waals surface area contributed by atoms with E-state index in [4.69, 9.17) is 4.98 Å². The topological polar surface area (TPSA) is 105 Å². The normalized spacial score (nSPS) is 14.2. The molecular weight excluding hydrogens is 502 g/mol. The zero-order chi connectivity index (χ0) is 27.7. The summed E-state index contributed by atoms with van der Waals surface area (Å²) >= 11 is 0. The average molecular weight is 529 g/mol. The number of rotatable bonds is 6. The molecule has 10 heteroatoms. The second-order valence-electron chi connectivity index (χ2n) is 9.52. The molecule has 1 saturated heterocycles. The largest absolute Gasteiger partial charge is 0.478 e. The zero-order valence-corrected chi connectivity index (χ0v) is 21.4. The van der Waals surface area contributed by atoms with E-state index in [9.17, 15) is 23.9 Å². The number of aromatic carboxylic acids is 1. The molecule has 0 amide bonds. The zero-order valence-electron chi connectivity index (χ0n) is 21.4. The Morgan fingerprint density at radius 3 is 2.46 bits per heavy atom. The van der Waals surface area contributed by atoms with Gasteiger partial charge in [-0.1, -0.05) is 18.2 Å². The molecule has 2 heterocycles. The first-order chi connectivity index (χ1) is 18.7. The van der Waals surface area contributed by atoms with Gasteiger partial charge < -0.3 is 20.2 Å². The van der Waals surface area contributed by atoms with Crippen molar-refractivity contribution in [1.29, 1.82) is 5.26 Å². The summed E-state index contributed by atoms with van der Waals surface area (Å²) in [6.07, 6.45) is 0. The standard InChI is InChI=1S/C29H26F2N6O2/c1-17-13-21(18(2)33-23-6-4-3-5-20(23)29(38)39)27-24(14-17)34-25(16-32)28(35-27)37-11-9-36(10-12-37)26-8-7-19(30)15-22(26)31/h3-8,13-15,18,33H,9-12H2,1-2H3,(H,38,39)/t18-/m1/s1. The van der Waals surface area contributed by atoms with E-state index in [0.717, 1.165) is 17.2 Å². The number of para-hydroxylation sites is 1. The lowest BCUT2D eigenvalue weighted by Gasteiger charge is -2.37. The van der Waals surface area contributed by atoms with Gasteiger partial charge in [0.1, 0.15) is 17.7 Å². The lowest BCUT2D eigenvalue weighted by Crippen LogP contribution is -2.47. The van der Waals surface area contributed by atoms with Crippen molar-refractivity contribution in [3.8, 4) is 6.07 Å². The SMILES string of the molecule is Cc1cc([C@@H](C)Nc2ccccc2C(=O)O)c2nc(N3CCN(c4ccc(F)cc4F)CC3)c(C#N)nc2c1. The Balaban J connectivity index is 1.47. The molecule has 3 aromatic carbocycles. The second-order valence-corrected chi connectivity index (χ2v) is 9.52. The molecule has 0 unspecified atom stereocenters. The van der Waals surface area contributed by atoms with Gasteiger partial charge in [0.25, 0.3) is 0 Å². The summed E-state index contributed by atoms with van der Waals surface area (Å²) in [4.78, 5) is 25.0. The molecule has 8 nitrogen and oxygen atoms in total. The van der Waals surface area contributed by atoms with Crippen molar-refractivity contribution < 1.29 is 18.7 Å². The van der Waals surface area contributed by atoms with Crippen LogP contribution >= 0.6 is 0 Å². The molecule has 2 N–H and O–H groups in total. The first-order valence-electron chi connectivity index (χ1n) is 12.5. The summed E-state index contributed by atoms with van der Waals surface area (Å²) in [5.41, 5.74) is 4.09. The van der Waals surface area contributed by atoms with Gasteiger partial charge in [0.15, 0.2) is 11.5 Å². The number of fused-ring (bicyclic) bond motifs is 1. The minimum absolute atomic E-state index is 0.162. The van der Waals surface area contributed by atoms with E-state index < -0.39 is 17.6 Å². The predicted octanol–water partition coefficient (Wildman–Crippen LogP) is 5.29. The average Bonchev–Trinajstić information content (AvgIpc) is 2.92. The molecule has 0 saturated carbocycles. The summed E-state index contributed by atoms with van der Waals surface area (Å²) < 4.78 is 27.7. The maximum atomic E-state index is 14.3. The number of carboxylic acid groups (broad SMARTS) is 1. The molecule has 1 aliphatic heterocycles. The number of hydrogen-bond donors (Lipinski definition) is 2. The van der Waals surface area contributed by atoms with Crippen molar-refractivity contribution in [2.75, 3.05) is 41.3 Å². The van der Waals surface area contributed by atoms with Crippen LogP contribution in [0, 0.1) is 29.9 Å². The minimum Gasteiger partial charge on any atom is -0.478 e. The molecule has 4 aromatic rings. The first kappa shape index (κ1) is 25.9. The van der Waals surface area contributed by atoms with Crippen molar-refractivity contribution in [2.24, 2.45) is 0 Å². The minimum atomic E-state index is -1.03. The van der Waals surface area contributed by atoms with Crippen LogP contribution in [0.4, 0.5) is 26.0 Å². The Labute approximate surface area is 224 Å². The number of aryl methyl sites for hydroxylation is 1. The van der Waals surface area contributed by atoms with Crippen LogP contribution in [0.1, 0.15) is 40.1 Å². The van der Waals surface area contributed by atoms with Gasteiger partial charge in [-0.05, 0) is 49.7 Å². The molecule has 1 aromatic heterocycles. The van der Waals surface area contributed by atoms with Gasteiger partial charge in [0.05, 0.1) is 28.3 Å². The number of hydrogen-bond acceptors (Lipinski definition) is 7. The summed E-state index contributed by atoms with van der Waals surface area (Å²) in [7, 11) is 0. The molecule has 0 radical (unpaired) electrons. The first-order valence-corrected chi connectivity index (χ1v) is 12.5. The van der Waals surface area contributed by atoms with E-state index in [2.05, 4.69) is 16.4 Å². The highest BCUT2D eigenvalue weighted by Crippen LogP contribution is 2.31. The third-order valence-electron chi connectivity index (χ3n) is 6.86. The van der Waals surface area contributed by atoms with Gasteiger partial charge in [-0.2, -0.15) is 5.26 Å². The van der Waals surface area contributed by atoms with E-state index in [0.29, 0.717) is 54.4 Å². The molecule has 0 bridgehead atoms. The highest BCUT2D eigenvalue weighted by molar-refractivity contribution is 5.94. The van der Waals surface area contributed by atoms with Crippen molar-refractivity contribution in [3.63, 3.8) is 0 Å². The van der Waals surface area contributed by atoms with Gasteiger partial charge >= 0.3 is 5.97 Å². The van der Waals surface area contributed by atoms with Crippen LogP contribution in [0.15, 0.2) is 54.6 Å². The number of aromatic nitrogens is 2. The maximum absolute atomic E-state index is 14.3. The van der Waals surface area contributed by atoms with Gasteiger partial charge in [-0.25, -0.2) is 23.5 Å². The van der Waals surface area contributed by atoms with Crippen LogP contribution in [0.3, 0.4) is 0 Å².